The predicted octanol–water partition coefficient (Wildman–Crippen LogP) is 3.01. The van der Waals surface area contributed by atoms with E-state index in [0.29, 0.717) is 40.7 Å². The highest BCUT2D eigenvalue weighted by Crippen LogP contribution is 2.25. The minimum Gasteiger partial charge on any atom is -0.420 e. The van der Waals surface area contributed by atoms with E-state index in [9.17, 15) is 8.42 Å². The van der Waals surface area contributed by atoms with Gasteiger partial charge in [0.05, 0.1) is 10.8 Å². The van der Waals surface area contributed by atoms with Crippen molar-refractivity contribution >= 4 is 33.4 Å². The van der Waals surface area contributed by atoms with Gasteiger partial charge in [0.2, 0.25) is 21.8 Å². The van der Waals surface area contributed by atoms with Gasteiger partial charge < -0.3 is 9.32 Å². The quantitative estimate of drug-likeness (QED) is 0.513. The summed E-state index contributed by atoms with van der Waals surface area (Å²) in [5.74, 6) is 1.31. The average Bonchev–Trinajstić information content (AvgIpc) is 3.22. The number of benzene rings is 1. The highest BCUT2D eigenvalue weighted by atomic mass is 35.5. The lowest BCUT2D eigenvalue weighted by atomic mass is 10.2. The largest absolute Gasteiger partial charge is 0.420 e. The van der Waals surface area contributed by atoms with Crippen LogP contribution in [0.15, 0.2) is 56.9 Å². The van der Waals surface area contributed by atoms with Crippen molar-refractivity contribution in [1.82, 2.24) is 24.4 Å². The van der Waals surface area contributed by atoms with E-state index in [1.807, 2.05) is 19.2 Å². The molecule has 1 aliphatic rings. The van der Waals surface area contributed by atoms with E-state index in [0.717, 1.165) is 18.7 Å². The highest BCUT2D eigenvalue weighted by molar-refractivity contribution is 7.98. The van der Waals surface area contributed by atoms with Crippen LogP contribution in [0.5, 0.6) is 0 Å². The molecule has 158 valence electrons. The van der Waals surface area contributed by atoms with Gasteiger partial charge in [-0.25, -0.2) is 13.4 Å². The van der Waals surface area contributed by atoms with Crippen molar-refractivity contribution < 1.29 is 12.8 Å². The number of rotatable bonds is 6. The summed E-state index contributed by atoms with van der Waals surface area (Å²) in [7, 11) is -1.53. The van der Waals surface area contributed by atoms with Crippen LogP contribution in [-0.4, -0.2) is 66.0 Å². The molecule has 0 spiro atoms. The van der Waals surface area contributed by atoms with Crippen molar-refractivity contribution in [2.75, 3.05) is 33.2 Å². The van der Waals surface area contributed by atoms with Crippen LogP contribution in [-0.2, 0) is 15.8 Å². The number of hydrogen-bond donors (Lipinski definition) is 0. The normalized spacial score (nSPS) is 16.1. The van der Waals surface area contributed by atoms with Crippen LogP contribution in [0.25, 0.3) is 11.5 Å². The zero-order chi connectivity index (χ0) is 21.1. The molecular weight excluding hydrogens is 446 g/mol. The average molecular weight is 466 g/mol. The Morgan fingerprint density at radius 1 is 1.07 bits per heavy atom. The minimum atomic E-state index is -3.52. The van der Waals surface area contributed by atoms with Gasteiger partial charge in [-0.15, -0.1) is 10.2 Å². The molecule has 1 fully saturated rings. The second-order valence-corrected chi connectivity index (χ2v) is 10.2. The molecule has 0 N–H and O–H groups in total. The molecule has 1 saturated heterocycles. The summed E-state index contributed by atoms with van der Waals surface area (Å²) in [6.07, 6.45) is 1.41. The molecule has 0 unspecified atom stereocenters. The zero-order valence-electron chi connectivity index (χ0n) is 16.2. The lowest BCUT2D eigenvalue weighted by molar-refractivity contribution is 0.222. The monoisotopic (exact) mass is 465 g/mol. The van der Waals surface area contributed by atoms with E-state index in [2.05, 4.69) is 20.1 Å². The number of sulfonamides is 1. The van der Waals surface area contributed by atoms with Gasteiger partial charge in [-0.1, -0.05) is 23.4 Å². The number of nitrogens with zero attached hydrogens (tertiary/aromatic N) is 5. The van der Waals surface area contributed by atoms with Crippen molar-refractivity contribution in [2.45, 2.75) is 15.7 Å². The Morgan fingerprint density at radius 2 is 1.80 bits per heavy atom. The van der Waals surface area contributed by atoms with Gasteiger partial charge in [0, 0.05) is 43.0 Å². The van der Waals surface area contributed by atoms with E-state index < -0.39 is 10.0 Å². The molecular formula is C19H20ClN5O3S2. The summed E-state index contributed by atoms with van der Waals surface area (Å²) in [5, 5.41) is 9.42. The standard InChI is InChI=1S/C19H20ClN5O3S2/c1-24-8-10-25(11-9-24)30(26,27)16-6-7-18(21-12-16)29-13-17-22-23-19(28-17)14-2-4-15(20)5-3-14/h2-7,12H,8-11,13H2,1H3. The summed E-state index contributed by atoms with van der Waals surface area (Å²) in [6.45, 7) is 2.43. The van der Waals surface area contributed by atoms with E-state index in [1.54, 1.807) is 24.3 Å². The molecule has 0 aliphatic carbocycles. The Balaban J connectivity index is 1.38. The van der Waals surface area contributed by atoms with Gasteiger partial charge in [-0.05, 0) is 43.4 Å². The number of hydrogen-bond acceptors (Lipinski definition) is 8. The number of thioether (sulfide) groups is 1. The fourth-order valence-electron chi connectivity index (χ4n) is 2.94. The summed E-state index contributed by atoms with van der Waals surface area (Å²) >= 11 is 7.29. The molecule has 0 saturated carbocycles. The molecule has 3 aromatic rings. The topological polar surface area (TPSA) is 92.4 Å². The lowest BCUT2D eigenvalue weighted by Crippen LogP contribution is -2.47. The van der Waals surface area contributed by atoms with Gasteiger partial charge in [0.1, 0.15) is 4.90 Å². The van der Waals surface area contributed by atoms with Crippen LogP contribution in [0.1, 0.15) is 5.89 Å². The summed E-state index contributed by atoms with van der Waals surface area (Å²) in [4.78, 5) is 6.61. The number of halogens is 1. The number of pyridine rings is 1. The maximum absolute atomic E-state index is 12.8. The number of likely N-dealkylation sites (N-methyl/N-ethyl adjacent to an activating group) is 1. The molecule has 0 bridgehead atoms. The first kappa shape index (κ1) is 21.3. The van der Waals surface area contributed by atoms with E-state index in [1.165, 1.54) is 22.3 Å². The second kappa shape index (κ2) is 9.03. The third-order valence-electron chi connectivity index (χ3n) is 4.71. The van der Waals surface area contributed by atoms with Crippen LogP contribution in [0.3, 0.4) is 0 Å². The van der Waals surface area contributed by atoms with Crippen LogP contribution in [0.4, 0.5) is 0 Å². The Labute approximate surface area is 184 Å². The van der Waals surface area contributed by atoms with Crippen molar-refractivity contribution in [1.29, 1.82) is 0 Å². The second-order valence-electron chi connectivity index (χ2n) is 6.84. The van der Waals surface area contributed by atoms with Gasteiger partial charge in [0.15, 0.2) is 0 Å². The first-order valence-corrected chi connectivity index (χ1v) is 12.1. The molecule has 11 heteroatoms. The molecule has 4 rings (SSSR count). The van der Waals surface area contributed by atoms with E-state index in [4.69, 9.17) is 16.0 Å². The fraction of sp³-hybridized carbons (Fsp3) is 0.316. The Bertz CT molecular complexity index is 1100. The molecule has 3 heterocycles. The third-order valence-corrected chi connectivity index (χ3v) is 7.77. The fourth-order valence-corrected chi connectivity index (χ4v) is 5.11. The maximum atomic E-state index is 12.8. The van der Waals surface area contributed by atoms with Crippen LogP contribution in [0, 0.1) is 0 Å². The van der Waals surface area contributed by atoms with Gasteiger partial charge in [0.25, 0.3) is 0 Å². The highest BCUT2D eigenvalue weighted by Gasteiger charge is 2.27. The van der Waals surface area contributed by atoms with E-state index >= 15 is 0 Å². The zero-order valence-corrected chi connectivity index (χ0v) is 18.6. The van der Waals surface area contributed by atoms with Gasteiger partial charge >= 0.3 is 0 Å². The van der Waals surface area contributed by atoms with E-state index in [-0.39, 0.29) is 4.90 Å². The molecule has 0 radical (unpaired) electrons. The first-order chi connectivity index (χ1) is 14.4. The Morgan fingerprint density at radius 3 is 2.47 bits per heavy atom. The summed E-state index contributed by atoms with van der Waals surface area (Å²) in [5.41, 5.74) is 0.791. The SMILES string of the molecule is CN1CCN(S(=O)(=O)c2ccc(SCc3nnc(-c4ccc(Cl)cc4)o3)nc2)CC1. The molecule has 0 amide bonds. The van der Waals surface area contributed by atoms with Crippen molar-refractivity contribution in [2.24, 2.45) is 0 Å². The molecule has 2 aromatic heterocycles. The Kier molecular flexibility index (Phi) is 6.40. The molecule has 1 aliphatic heterocycles. The van der Waals surface area contributed by atoms with Crippen LogP contribution in [0.2, 0.25) is 5.02 Å². The van der Waals surface area contributed by atoms with Crippen LogP contribution >= 0.6 is 23.4 Å². The number of aromatic nitrogens is 3. The number of piperazine rings is 1. The van der Waals surface area contributed by atoms with Gasteiger partial charge in [-0.3, -0.25) is 0 Å². The van der Waals surface area contributed by atoms with Gasteiger partial charge in [-0.2, -0.15) is 4.31 Å². The third kappa shape index (κ3) is 4.84. The molecule has 0 atom stereocenters. The van der Waals surface area contributed by atoms with Crippen molar-refractivity contribution in [3.8, 4) is 11.5 Å². The van der Waals surface area contributed by atoms with Crippen LogP contribution < -0.4 is 0 Å². The summed E-state index contributed by atoms with van der Waals surface area (Å²) < 4.78 is 32.7. The Hall–Kier alpha value is -1.98. The van der Waals surface area contributed by atoms with Crippen molar-refractivity contribution in [3.63, 3.8) is 0 Å². The van der Waals surface area contributed by atoms with Crippen molar-refractivity contribution in [3.05, 3.63) is 53.5 Å². The first-order valence-electron chi connectivity index (χ1n) is 9.28. The molecule has 8 nitrogen and oxygen atoms in total. The summed E-state index contributed by atoms with van der Waals surface area (Å²) in [6, 6.07) is 10.4. The smallest absolute Gasteiger partial charge is 0.247 e. The predicted molar refractivity (Wildman–Crippen MR) is 115 cm³/mol. The molecule has 30 heavy (non-hydrogen) atoms. The minimum absolute atomic E-state index is 0.208. The maximum Gasteiger partial charge on any atom is 0.247 e. The molecule has 1 aromatic carbocycles. The lowest BCUT2D eigenvalue weighted by Gasteiger charge is -2.31.